The monoisotopic (exact) mass is 648 g/mol. The molecule has 0 aliphatic rings. The Hall–Kier alpha value is -6.50. The Bertz CT molecular complexity index is 2610. The van der Waals surface area contributed by atoms with Crippen molar-refractivity contribution in [2.45, 2.75) is 6.92 Å². The van der Waals surface area contributed by atoms with Crippen LogP contribution in [0.4, 0.5) is 0 Å². The zero-order valence-electron chi connectivity index (χ0n) is 28.6. The summed E-state index contributed by atoms with van der Waals surface area (Å²) in [6.45, 7) is 2.19. The van der Waals surface area contributed by atoms with Crippen LogP contribution in [0.3, 0.4) is 0 Å². The van der Waals surface area contributed by atoms with Crippen molar-refractivity contribution in [3.8, 4) is 66.8 Å². The van der Waals surface area contributed by atoms with Gasteiger partial charge in [-0.15, -0.1) is 0 Å². The van der Waals surface area contributed by atoms with E-state index in [9.17, 15) is 0 Å². The van der Waals surface area contributed by atoms with Crippen LogP contribution in [-0.2, 0) is 0 Å². The summed E-state index contributed by atoms with van der Waals surface area (Å²) in [4.78, 5) is 0. The molecule has 51 heavy (non-hydrogen) atoms. The van der Waals surface area contributed by atoms with Crippen molar-refractivity contribution in [3.05, 3.63) is 206 Å². The van der Waals surface area contributed by atoms with Crippen molar-refractivity contribution in [1.29, 1.82) is 0 Å². The predicted molar refractivity (Wildman–Crippen MR) is 219 cm³/mol. The summed E-state index contributed by atoms with van der Waals surface area (Å²) in [5.41, 5.74) is 16.1. The van der Waals surface area contributed by atoms with Gasteiger partial charge in [0.05, 0.1) is 0 Å². The summed E-state index contributed by atoms with van der Waals surface area (Å²) in [7, 11) is 0. The third kappa shape index (κ3) is 5.82. The van der Waals surface area contributed by atoms with Gasteiger partial charge in [0.15, 0.2) is 0 Å². The Balaban J connectivity index is 1.10. The van der Waals surface area contributed by atoms with Gasteiger partial charge in [-0.2, -0.15) is 0 Å². The van der Waals surface area contributed by atoms with Gasteiger partial charge in [-0.05, 0) is 95.2 Å². The van der Waals surface area contributed by atoms with Gasteiger partial charge in [-0.25, -0.2) is 0 Å². The second-order valence-corrected chi connectivity index (χ2v) is 13.4. The Labute approximate surface area is 300 Å². The van der Waals surface area contributed by atoms with Crippen molar-refractivity contribution < 1.29 is 0 Å². The molecule has 0 spiro atoms. The molecule has 0 aromatic heterocycles. The third-order valence-electron chi connectivity index (χ3n) is 10.2. The first-order valence-corrected chi connectivity index (χ1v) is 17.7. The molecule has 0 fully saturated rings. The standard InChI is InChI=1S/C51H36/c1-35-16-33-48-49(34-35)51(45-31-27-43(28-32-45)41-23-19-39(20-24-41)37-12-6-3-7-13-37)47-15-9-8-14-46(47)50(48)44-29-25-42(26-30-44)40-21-17-38(18-22-40)36-10-4-2-5-11-36/h2-34H,1H3. The number of rotatable bonds is 6. The van der Waals surface area contributed by atoms with Crippen molar-refractivity contribution in [3.63, 3.8) is 0 Å². The van der Waals surface area contributed by atoms with E-state index in [4.69, 9.17) is 0 Å². The van der Waals surface area contributed by atoms with Crippen molar-refractivity contribution in [1.82, 2.24) is 0 Å². The van der Waals surface area contributed by atoms with Crippen LogP contribution in [0.15, 0.2) is 200 Å². The van der Waals surface area contributed by atoms with E-state index in [-0.39, 0.29) is 0 Å². The van der Waals surface area contributed by atoms with Crippen molar-refractivity contribution in [2.24, 2.45) is 0 Å². The molecule has 0 aliphatic carbocycles. The van der Waals surface area contributed by atoms with Gasteiger partial charge in [0.1, 0.15) is 0 Å². The smallest absolute Gasteiger partial charge is 0.00263 e. The summed E-state index contributed by atoms with van der Waals surface area (Å²) < 4.78 is 0. The van der Waals surface area contributed by atoms with Gasteiger partial charge in [0, 0.05) is 0 Å². The first-order chi connectivity index (χ1) is 25.2. The first-order valence-electron chi connectivity index (χ1n) is 17.7. The summed E-state index contributed by atoms with van der Waals surface area (Å²) in [6, 6.07) is 72.9. The molecular formula is C51H36. The minimum absolute atomic E-state index is 1.22. The zero-order chi connectivity index (χ0) is 34.1. The lowest BCUT2D eigenvalue weighted by Gasteiger charge is -2.19. The van der Waals surface area contributed by atoms with Gasteiger partial charge >= 0.3 is 0 Å². The third-order valence-corrected chi connectivity index (χ3v) is 10.2. The Morgan fingerprint density at radius 3 is 0.863 bits per heavy atom. The number of hydrogen-bond donors (Lipinski definition) is 0. The van der Waals surface area contributed by atoms with Crippen LogP contribution in [0.5, 0.6) is 0 Å². The van der Waals surface area contributed by atoms with Gasteiger partial charge in [0.2, 0.25) is 0 Å². The van der Waals surface area contributed by atoms with Gasteiger partial charge in [-0.1, -0.05) is 206 Å². The zero-order valence-corrected chi connectivity index (χ0v) is 28.6. The lowest BCUT2D eigenvalue weighted by Crippen LogP contribution is -1.92. The normalized spacial score (nSPS) is 11.2. The minimum Gasteiger partial charge on any atom is -0.0622 e. The van der Waals surface area contributed by atoms with E-state index in [1.165, 1.54) is 93.9 Å². The molecule has 0 atom stereocenters. The summed E-state index contributed by atoms with van der Waals surface area (Å²) in [5, 5.41) is 5.09. The number of benzene rings is 9. The molecule has 0 bridgehead atoms. The maximum atomic E-state index is 2.36. The fourth-order valence-electron chi connectivity index (χ4n) is 7.54. The molecular weight excluding hydrogens is 613 g/mol. The van der Waals surface area contributed by atoms with E-state index in [0.29, 0.717) is 0 Å². The quantitative estimate of drug-likeness (QED) is 0.157. The Morgan fingerprint density at radius 2 is 0.490 bits per heavy atom. The average Bonchev–Trinajstić information content (AvgIpc) is 3.21. The van der Waals surface area contributed by atoms with Crippen LogP contribution in [0.1, 0.15) is 5.56 Å². The van der Waals surface area contributed by atoms with Crippen LogP contribution in [0.2, 0.25) is 0 Å². The highest BCUT2D eigenvalue weighted by atomic mass is 14.2. The minimum atomic E-state index is 1.22. The molecule has 0 nitrogen and oxygen atoms in total. The summed E-state index contributed by atoms with van der Waals surface area (Å²) in [5.74, 6) is 0. The highest BCUT2D eigenvalue weighted by molar-refractivity contribution is 6.21. The highest BCUT2D eigenvalue weighted by Crippen LogP contribution is 2.44. The number of fused-ring (bicyclic) bond motifs is 2. The molecule has 0 radical (unpaired) electrons. The van der Waals surface area contributed by atoms with Gasteiger partial charge in [-0.3, -0.25) is 0 Å². The molecule has 0 heterocycles. The lowest BCUT2D eigenvalue weighted by atomic mass is 9.85. The molecule has 9 aromatic carbocycles. The Morgan fingerprint density at radius 1 is 0.216 bits per heavy atom. The Kier molecular flexibility index (Phi) is 7.84. The average molecular weight is 649 g/mol. The topological polar surface area (TPSA) is 0 Å². The first kappa shape index (κ1) is 30.6. The number of aryl methyl sites for hydroxylation is 1. The fraction of sp³-hybridized carbons (Fsp3) is 0.0196. The van der Waals surface area contributed by atoms with Crippen LogP contribution >= 0.6 is 0 Å². The predicted octanol–water partition coefficient (Wildman–Crippen LogP) is 14.3. The molecule has 0 saturated carbocycles. The van der Waals surface area contributed by atoms with E-state index >= 15 is 0 Å². The fourth-order valence-corrected chi connectivity index (χ4v) is 7.54. The maximum Gasteiger partial charge on any atom is -0.00263 e. The van der Waals surface area contributed by atoms with E-state index in [0.717, 1.165) is 0 Å². The van der Waals surface area contributed by atoms with E-state index in [1.54, 1.807) is 0 Å². The molecule has 0 heteroatoms. The summed E-state index contributed by atoms with van der Waals surface area (Å²) >= 11 is 0. The lowest BCUT2D eigenvalue weighted by molar-refractivity contribution is 1.51. The van der Waals surface area contributed by atoms with Crippen LogP contribution in [0.25, 0.3) is 88.3 Å². The van der Waals surface area contributed by atoms with E-state index in [1.807, 2.05) is 0 Å². The molecule has 0 N–H and O–H groups in total. The SMILES string of the molecule is Cc1ccc2c(-c3ccc(-c4ccc(-c5ccccc5)cc4)cc3)c3ccccc3c(-c3ccc(-c4ccc(-c5ccccc5)cc4)cc3)c2c1. The van der Waals surface area contributed by atoms with E-state index < -0.39 is 0 Å². The second-order valence-electron chi connectivity index (χ2n) is 13.4. The summed E-state index contributed by atoms with van der Waals surface area (Å²) in [6.07, 6.45) is 0. The molecule has 240 valence electrons. The van der Waals surface area contributed by atoms with Gasteiger partial charge in [0.25, 0.3) is 0 Å². The highest BCUT2D eigenvalue weighted by Gasteiger charge is 2.17. The maximum absolute atomic E-state index is 2.36. The van der Waals surface area contributed by atoms with Crippen molar-refractivity contribution >= 4 is 21.5 Å². The molecule has 9 rings (SSSR count). The van der Waals surface area contributed by atoms with Crippen LogP contribution < -0.4 is 0 Å². The molecule has 0 aliphatic heterocycles. The van der Waals surface area contributed by atoms with Gasteiger partial charge < -0.3 is 0 Å². The van der Waals surface area contributed by atoms with Crippen LogP contribution in [-0.4, -0.2) is 0 Å². The van der Waals surface area contributed by atoms with Crippen molar-refractivity contribution in [2.75, 3.05) is 0 Å². The number of hydrogen-bond acceptors (Lipinski definition) is 0. The molecule has 9 aromatic rings. The second kappa shape index (κ2) is 13.1. The van der Waals surface area contributed by atoms with E-state index in [2.05, 4.69) is 207 Å². The molecule has 0 unspecified atom stereocenters. The van der Waals surface area contributed by atoms with Crippen LogP contribution in [0, 0.1) is 6.92 Å². The largest absolute Gasteiger partial charge is 0.0622 e. The molecule has 0 saturated heterocycles. The molecule has 0 amide bonds.